The summed E-state index contributed by atoms with van der Waals surface area (Å²) in [5, 5.41) is 9.49. The molecular formula is C19H28N2O5. The Hall–Kier alpha value is -2.28. The van der Waals surface area contributed by atoms with Gasteiger partial charge in [-0.15, -0.1) is 0 Å². The van der Waals surface area contributed by atoms with Crippen molar-refractivity contribution in [2.75, 3.05) is 27.2 Å². The molecule has 0 radical (unpaired) electrons. The summed E-state index contributed by atoms with van der Waals surface area (Å²) in [6.45, 7) is 5.92. The molecule has 7 heteroatoms. The zero-order valence-electron chi connectivity index (χ0n) is 16.1. The van der Waals surface area contributed by atoms with Crippen LogP contribution in [0.25, 0.3) is 0 Å². The van der Waals surface area contributed by atoms with E-state index in [1.54, 1.807) is 31.1 Å². The first kappa shape index (κ1) is 20.0. The molecule has 2 amide bonds. The molecule has 0 fully saturated rings. The van der Waals surface area contributed by atoms with Crippen molar-refractivity contribution in [2.24, 2.45) is 0 Å². The van der Waals surface area contributed by atoms with E-state index in [0.29, 0.717) is 25.1 Å². The first-order valence-electron chi connectivity index (χ1n) is 8.75. The molecule has 1 aliphatic rings. The van der Waals surface area contributed by atoms with E-state index in [0.717, 1.165) is 11.1 Å². The summed E-state index contributed by atoms with van der Waals surface area (Å²) in [7, 11) is 3.22. The molecule has 1 aliphatic heterocycles. The normalized spacial score (nSPS) is 16.7. The predicted molar refractivity (Wildman–Crippen MR) is 97.2 cm³/mol. The fraction of sp³-hybridized carbons (Fsp3) is 0.579. The molecule has 7 nitrogen and oxygen atoms in total. The maximum Gasteiger partial charge on any atom is 0.414 e. The average molecular weight is 364 g/mol. The Bertz CT molecular complexity index is 666. The van der Waals surface area contributed by atoms with Gasteiger partial charge in [0.25, 0.3) is 0 Å². The molecule has 0 bridgehead atoms. The summed E-state index contributed by atoms with van der Waals surface area (Å²) in [4.78, 5) is 27.4. The van der Waals surface area contributed by atoms with Crippen molar-refractivity contribution in [1.82, 2.24) is 9.80 Å². The second kappa shape index (κ2) is 7.95. The van der Waals surface area contributed by atoms with Gasteiger partial charge in [0.15, 0.2) is 0 Å². The van der Waals surface area contributed by atoms with Crippen molar-refractivity contribution in [1.29, 1.82) is 0 Å². The number of carbonyl (C=O) groups excluding carboxylic acids is 2. The van der Waals surface area contributed by atoms with Crippen LogP contribution in [0.4, 0.5) is 9.59 Å². The SMILES string of the molecule is CN(C)C(=O)Oc1ccc2c(c1)C(CCO)N(C(=O)OC(C)(C)C)CC2. The lowest BCUT2D eigenvalue weighted by Crippen LogP contribution is -2.43. The van der Waals surface area contributed by atoms with Crippen molar-refractivity contribution >= 4 is 12.2 Å². The van der Waals surface area contributed by atoms with Crippen molar-refractivity contribution in [2.45, 2.75) is 45.3 Å². The number of ether oxygens (including phenoxy) is 2. The van der Waals surface area contributed by atoms with Gasteiger partial charge < -0.3 is 24.4 Å². The molecule has 1 atom stereocenters. The van der Waals surface area contributed by atoms with Gasteiger partial charge in [0.1, 0.15) is 11.4 Å². The summed E-state index contributed by atoms with van der Waals surface area (Å²) < 4.78 is 10.8. The average Bonchev–Trinajstić information content (AvgIpc) is 2.53. The van der Waals surface area contributed by atoms with E-state index >= 15 is 0 Å². The van der Waals surface area contributed by atoms with E-state index in [2.05, 4.69) is 0 Å². The minimum Gasteiger partial charge on any atom is -0.444 e. The zero-order valence-corrected chi connectivity index (χ0v) is 16.1. The third-order valence-electron chi connectivity index (χ3n) is 4.08. The fourth-order valence-corrected chi connectivity index (χ4v) is 2.90. The molecule has 1 aromatic rings. The second-order valence-corrected chi connectivity index (χ2v) is 7.57. The topological polar surface area (TPSA) is 79.3 Å². The number of fused-ring (bicyclic) bond motifs is 1. The number of carbonyl (C=O) groups is 2. The minimum absolute atomic E-state index is 0.0644. The largest absolute Gasteiger partial charge is 0.444 e. The van der Waals surface area contributed by atoms with E-state index in [1.165, 1.54) is 4.90 Å². The van der Waals surface area contributed by atoms with Crippen LogP contribution in [0.15, 0.2) is 18.2 Å². The predicted octanol–water partition coefficient (Wildman–Crippen LogP) is 2.96. The van der Waals surface area contributed by atoms with E-state index in [9.17, 15) is 14.7 Å². The van der Waals surface area contributed by atoms with Gasteiger partial charge in [-0.05, 0) is 56.9 Å². The summed E-state index contributed by atoms with van der Waals surface area (Å²) in [6, 6.07) is 5.11. The lowest BCUT2D eigenvalue weighted by molar-refractivity contribution is 0.0115. The van der Waals surface area contributed by atoms with Gasteiger partial charge in [-0.25, -0.2) is 9.59 Å². The Labute approximate surface area is 154 Å². The molecule has 0 saturated heterocycles. The molecule has 2 rings (SSSR count). The van der Waals surface area contributed by atoms with Crippen LogP contribution in [0.1, 0.15) is 44.4 Å². The van der Waals surface area contributed by atoms with Crippen LogP contribution < -0.4 is 4.74 Å². The monoisotopic (exact) mass is 364 g/mol. The van der Waals surface area contributed by atoms with Gasteiger partial charge in [-0.2, -0.15) is 0 Å². The number of aliphatic hydroxyl groups excluding tert-OH is 1. The standard InChI is InChI=1S/C19H28N2O5/c1-19(2,3)26-18(24)21-10-8-13-6-7-14(25-17(23)20(4)5)12-15(13)16(21)9-11-22/h6-7,12,16,22H,8-11H2,1-5H3. The Morgan fingerprint density at radius 2 is 2.00 bits per heavy atom. The van der Waals surface area contributed by atoms with Crippen molar-refractivity contribution in [3.63, 3.8) is 0 Å². The Balaban J connectivity index is 2.30. The molecule has 1 aromatic carbocycles. The molecule has 1 N–H and O–H groups in total. The van der Waals surface area contributed by atoms with Crippen LogP contribution in [0.2, 0.25) is 0 Å². The number of aliphatic hydroxyl groups is 1. The lowest BCUT2D eigenvalue weighted by Gasteiger charge is -2.38. The fourth-order valence-electron chi connectivity index (χ4n) is 2.90. The third-order valence-corrected chi connectivity index (χ3v) is 4.08. The van der Waals surface area contributed by atoms with Crippen LogP contribution >= 0.6 is 0 Å². The molecule has 0 aromatic heterocycles. The lowest BCUT2D eigenvalue weighted by atomic mass is 9.91. The number of hydrogen-bond donors (Lipinski definition) is 1. The summed E-state index contributed by atoms with van der Waals surface area (Å²) in [5.74, 6) is 0.413. The zero-order chi connectivity index (χ0) is 19.5. The molecule has 1 unspecified atom stereocenters. The highest BCUT2D eigenvalue weighted by atomic mass is 16.6. The third kappa shape index (κ3) is 4.88. The highest BCUT2D eigenvalue weighted by molar-refractivity contribution is 5.71. The molecule has 0 aliphatic carbocycles. The van der Waals surface area contributed by atoms with Crippen LogP contribution in [0.5, 0.6) is 5.75 Å². The summed E-state index contributed by atoms with van der Waals surface area (Å²) in [5.41, 5.74) is 1.36. The first-order chi connectivity index (χ1) is 12.1. The Kier molecular flexibility index (Phi) is 6.13. The second-order valence-electron chi connectivity index (χ2n) is 7.57. The van der Waals surface area contributed by atoms with Crippen molar-refractivity contribution in [3.05, 3.63) is 29.3 Å². The molecule has 144 valence electrons. The smallest absolute Gasteiger partial charge is 0.414 e. The van der Waals surface area contributed by atoms with Gasteiger partial charge in [0, 0.05) is 27.2 Å². The minimum atomic E-state index is -0.593. The van der Waals surface area contributed by atoms with Crippen LogP contribution in [0, 0.1) is 0 Å². The van der Waals surface area contributed by atoms with E-state index < -0.39 is 17.8 Å². The number of nitrogens with zero attached hydrogens (tertiary/aromatic N) is 2. The summed E-state index contributed by atoms with van der Waals surface area (Å²) in [6.07, 6.45) is 0.191. The van der Waals surface area contributed by atoms with E-state index in [-0.39, 0.29) is 12.6 Å². The van der Waals surface area contributed by atoms with E-state index in [4.69, 9.17) is 9.47 Å². The van der Waals surface area contributed by atoms with Gasteiger partial charge >= 0.3 is 12.2 Å². The number of benzene rings is 1. The van der Waals surface area contributed by atoms with Gasteiger partial charge in [0.05, 0.1) is 6.04 Å². The number of hydrogen-bond acceptors (Lipinski definition) is 5. The van der Waals surface area contributed by atoms with Crippen LogP contribution in [-0.2, 0) is 11.2 Å². The van der Waals surface area contributed by atoms with Crippen molar-refractivity contribution < 1.29 is 24.2 Å². The van der Waals surface area contributed by atoms with Gasteiger partial charge in [0.2, 0.25) is 0 Å². The molecular weight excluding hydrogens is 336 g/mol. The van der Waals surface area contributed by atoms with Gasteiger partial charge in [-0.3, -0.25) is 0 Å². The number of amides is 2. The van der Waals surface area contributed by atoms with E-state index in [1.807, 2.05) is 26.8 Å². The molecule has 0 spiro atoms. The molecule has 1 heterocycles. The Morgan fingerprint density at radius 1 is 1.31 bits per heavy atom. The Morgan fingerprint density at radius 3 is 2.58 bits per heavy atom. The molecule has 26 heavy (non-hydrogen) atoms. The maximum absolute atomic E-state index is 12.6. The summed E-state index contributed by atoms with van der Waals surface area (Å²) >= 11 is 0. The first-order valence-corrected chi connectivity index (χ1v) is 8.75. The van der Waals surface area contributed by atoms with Crippen molar-refractivity contribution in [3.8, 4) is 5.75 Å². The quantitative estimate of drug-likeness (QED) is 0.892. The van der Waals surface area contributed by atoms with Crippen LogP contribution in [0.3, 0.4) is 0 Å². The highest BCUT2D eigenvalue weighted by Crippen LogP contribution is 2.35. The van der Waals surface area contributed by atoms with Gasteiger partial charge in [-0.1, -0.05) is 6.07 Å². The number of rotatable bonds is 3. The molecule has 0 saturated carbocycles. The van der Waals surface area contributed by atoms with Crippen LogP contribution in [-0.4, -0.2) is 59.9 Å². The maximum atomic E-state index is 12.6. The highest BCUT2D eigenvalue weighted by Gasteiger charge is 2.33.